The second-order valence-corrected chi connectivity index (χ2v) is 31.3. The van der Waals surface area contributed by atoms with Crippen LogP contribution in [-0.4, -0.2) is 53.9 Å². The van der Waals surface area contributed by atoms with Crippen molar-refractivity contribution in [3.63, 3.8) is 0 Å². The molecule has 558 valence electrons. The van der Waals surface area contributed by atoms with Gasteiger partial charge in [0.2, 0.25) is 0 Å². The Balaban J connectivity index is 0.000000585. The van der Waals surface area contributed by atoms with E-state index in [4.69, 9.17) is 18.9 Å². The first-order valence-corrected chi connectivity index (χ1v) is 32.9. The van der Waals surface area contributed by atoms with Crippen LogP contribution in [-0.2, 0) is 37.9 Å². The lowest BCUT2D eigenvalue weighted by molar-refractivity contribution is -0.275. The third kappa shape index (κ3) is 34.6. The van der Waals surface area contributed by atoms with Gasteiger partial charge in [-0.05, 0) is 174 Å². The molecule has 0 saturated carbocycles. The van der Waals surface area contributed by atoms with Crippen LogP contribution in [0.5, 0.6) is 40.2 Å². The summed E-state index contributed by atoms with van der Waals surface area (Å²) < 4.78 is 170. The zero-order chi connectivity index (χ0) is 77.3. The Kier molecular flexibility index (Phi) is 35.2. The second-order valence-electron chi connectivity index (χ2n) is 31.3. The quantitative estimate of drug-likeness (QED) is 0.113. The van der Waals surface area contributed by atoms with Crippen LogP contribution in [0.2, 0.25) is 0 Å². The lowest BCUT2D eigenvalue weighted by Crippen LogP contribution is -2.18. The van der Waals surface area contributed by atoms with Gasteiger partial charge >= 0.3 is 13.0 Å². The molecule has 0 fully saturated rings. The Hall–Kier alpha value is -7.63. The average molecular weight is 1420 g/mol. The molecule has 0 aromatic heterocycles. The minimum absolute atomic E-state index is 0.0303. The highest BCUT2D eigenvalue weighted by molar-refractivity contribution is 5.42. The van der Waals surface area contributed by atoms with E-state index in [0.29, 0.717) is 23.8 Å². The fourth-order valence-corrected chi connectivity index (χ4v) is 8.51. The molecule has 0 atom stereocenters. The molecule has 0 spiro atoms. The fraction of sp³-hybridized carbons (Fsp3) is 0.488. The first-order valence-electron chi connectivity index (χ1n) is 32.9. The Morgan fingerprint density at radius 2 is 0.690 bits per heavy atom. The van der Waals surface area contributed by atoms with Gasteiger partial charge in [-0.25, -0.2) is 26.3 Å². The van der Waals surface area contributed by atoms with E-state index in [1.807, 2.05) is 106 Å². The predicted molar refractivity (Wildman–Crippen MR) is 385 cm³/mol. The SMILES string of the molecule is CC(C)(C)c1ccc(OC(F)(F)F)c(F)c1.CC(C)(C)c1ccc(OC(F)F)c(F)c1.CC(C)(C)c1ccc(OCC(F)F)c(F)c1.CC(C)COc1ccc(C(C)(C)C)cc1F.COc1cc(C)ccc1C(C)(C)C.COc1ccc(C(C)(C)C)cc1.COc1cccc(C(C)(C)C)c1. The summed E-state index contributed by atoms with van der Waals surface area (Å²) in [4.78, 5) is 0. The normalized spacial score (nSPS) is 11.8. The van der Waals surface area contributed by atoms with Crippen LogP contribution >= 0.6 is 0 Å². The zero-order valence-corrected chi connectivity index (χ0v) is 63.9. The third-order valence-electron chi connectivity index (χ3n) is 14.6. The number of hydrogen-bond donors (Lipinski definition) is 0. The van der Waals surface area contributed by atoms with Crippen molar-refractivity contribution in [2.24, 2.45) is 5.92 Å². The van der Waals surface area contributed by atoms with Gasteiger partial charge in [0, 0.05) is 0 Å². The molecule has 0 N–H and O–H groups in total. The zero-order valence-electron chi connectivity index (χ0n) is 63.9. The molecule has 0 heterocycles. The highest BCUT2D eigenvalue weighted by Crippen LogP contribution is 2.35. The van der Waals surface area contributed by atoms with Crippen LogP contribution < -0.4 is 33.2 Å². The first-order chi connectivity index (χ1) is 45.5. The van der Waals surface area contributed by atoms with Gasteiger partial charge in [-0.15, -0.1) is 13.2 Å². The number of aryl methyl sites for hydroxylation is 1. The van der Waals surface area contributed by atoms with Crippen LogP contribution in [0.25, 0.3) is 0 Å². The van der Waals surface area contributed by atoms with Gasteiger partial charge in [0.1, 0.15) is 23.9 Å². The minimum atomic E-state index is -4.87. The van der Waals surface area contributed by atoms with Crippen LogP contribution in [0.3, 0.4) is 0 Å². The molecule has 100 heavy (non-hydrogen) atoms. The number of alkyl halides is 7. The molecule has 0 unspecified atom stereocenters. The summed E-state index contributed by atoms with van der Waals surface area (Å²) in [5, 5.41) is 0. The van der Waals surface area contributed by atoms with E-state index >= 15 is 0 Å². The highest BCUT2D eigenvalue weighted by atomic mass is 19.4. The lowest BCUT2D eigenvalue weighted by atomic mass is 9.86. The Labute approximate surface area is 590 Å². The molecular formula is C82H111F11O7. The summed E-state index contributed by atoms with van der Waals surface area (Å²) in [6.07, 6.45) is -7.47. The molecule has 7 nitrogen and oxygen atoms in total. The van der Waals surface area contributed by atoms with E-state index < -0.39 is 55.0 Å². The Morgan fingerprint density at radius 1 is 0.340 bits per heavy atom. The molecule has 18 heteroatoms. The topological polar surface area (TPSA) is 64.6 Å². The number of halogens is 11. The predicted octanol–water partition coefficient (Wildman–Crippen LogP) is 25.0. The summed E-state index contributed by atoms with van der Waals surface area (Å²) in [5.41, 5.74) is 8.12. The van der Waals surface area contributed by atoms with Crippen molar-refractivity contribution in [2.45, 2.75) is 223 Å². The second kappa shape index (κ2) is 39.0. The summed E-state index contributed by atoms with van der Waals surface area (Å²) in [6, 6.07) is 39.9. The fourth-order valence-electron chi connectivity index (χ4n) is 8.51. The van der Waals surface area contributed by atoms with Gasteiger partial charge in [-0.1, -0.05) is 220 Å². The smallest absolute Gasteiger partial charge is 0.497 e. The minimum Gasteiger partial charge on any atom is -0.497 e. The maximum Gasteiger partial charge on any atom is 0.573 e. The van der Waals surface area contributed by atoms with Crippen molar-refractivity contribution in [3.05, 3.63) is 207 Å². The Morgan fingerprint density at radius 3 is 1.00 bits per heavy atom. The van der Waals surface area contributed by atoms with E-state index in [2.05, 4.69) is 147 Å². The Bertz CT molecular complexity index is 3460. The van der Waals surface area contributed by atoms with Crippen molar-refractivity contribution in [1.29, 1.82) is 0 Å². The first kappa shape index (κ1) is 90.4. The third-order valence-corrected chi connectivity index (χ3v) is 14.6. The van der Waals surface area contributed by atoms with Crippen LogP contribution in [0.4, 0.5) is 48.3 Å². The van der Waals surface area contributed by atoms with Gasteiger partial charge < -0.3 is 33.2 Å². The molecule has 0 aliphatic carbocycles. The van der Waals surface area contributed by atoms with Crippen molar-refractivity contribution in [2.75, 3.05) is 34.5 Å². The van der Waals surface area contributed by atoms with Crippen LogP contribution in [0, 0.1) is 36.1 Å². The van der Waals surface area contributed by atoms with Gasteiger partial charge in [-0.3, -0.25) is 0 Å². The number of benzene rings is 7. The van der Waals surface area contributed by atoms with Crippen molar-refractivity contribution >= 4 is 0 Å². The number of rotatable bonds is 12. The number of ether oxygens (including phenoxy) is 7. The number of hydrogen-bond acceptors (Lipinski definition) is 7. The highest BCUT2D eigenvalue weighted by Gasteiger charge is 2.33. The molecule has 7 rings (SSSR count). The maximum absolute atomic E-state index is 13.7. The van der Waals surface area contributed by atoms with Gasteiger partial charge in [-0.2, -0.15) is 8.78 Å². The molecule has 0 aliphatic heterocycles. The molecule has 7 aromatic rings. The summed E-state index contributed by atoms with van der Waals surface area (Å²) >= 11 is 0. The number of methoxy groups -OCH3 is 3. The standard InChI is InChI=1S/C14H21FO.C12H15F3O.C12H18O.C11H12F4O.C11H13F3O.2C11H16O/c1-10(2)9-16-13-7-6-11(8-12(13)15)14(3,4)5;1-12(2,3)8-4-5-10(9(13)6-8)16-7-11(14)15;1-9-6-7-10(12(2,3)4)11(8-9)13-5;1-10(2,3)7-4-5-9(8(12)6-7)16-11(13,14)15;1-11(2,3)7-4-5-9(8(12)6-7)15-10(13)14;1-11(2,3)9-5-7-10(12-4)8-6-9;1-11(2,3)9-6-5-7-10(8-9)12-4/h6-8,10H,9H2,1-5H3;4-6,11H,7H2,1-3H3;6-8H,1-5H3;4-6H,1-3H3;4-6,10H,1-3H3;2*5-8H,1-4H3. The lowest BCUT2D eigenvalue weighted by Gasteiger charge is -2.22. The monoisotopic (exact) mass is 1420 g/mol. The molecule has 0 aliphatic rings. The van der Waals surface area contributed by atoms with E-state index in [-0.39, 0.29) is 49.5 Å². The van der Waals surface area contributed by atoms with E-state index in [0.717, 1.165) is 46.1 Å². The van der Waals surface area contributed by atoms with E-state index in [1.165, 1.54) is 52.6 Å². The maximum atomic E-state index is 13.7. The van der Waals surface area contributed by atoms with Crippen molar-refractivity contribution in [3.8, 4) is 40.2 Å². The van der Waals surface area contributed by atoms with Crippen LogP contribution in [0.1, 0.15) is 204 Å². The van der Waals surface area contributed by atoms with Crippen molar-refractivity contribution < 1.29 is 81.5 Å². The van der Waals surface area contributed by atoms with Crippen molar-refractivity contribution in [1.82, 2.24) is 0 Å². The van der Waals surface area contributed by atoms with Gasteiger partial charge in [0.05, 0.1) is 27.9 Å². The van der Waals surface area contributed by atoms with Gasteiger partial charge in [0.25, 0.3) is 6.43 Å². The molecule has 7 aromatic carbocycles. The summed E-state index contributed by atoms with van der Waals surface area (Å²) in [6.45, 7) is 46.0. The average Bonchev–Trinajstić information content (AvgIpc) is 0.856. The van der Waals surface area contributed by atoms with Crippen LogP contribution in [0.15, 0.2) is 140 Å². The largest absolute Gasteiger partial charge is 0.573 e. The van der Waals surface area contributed by atoms with E-state index in [9.17, 15) is 48.3 Å². The molecule has 0 saturated heterocycles. The molecule has 0 amide bonds. The summed E-state index contributed by atoms with van der Waals surface area (Å²) in [7, 11) is 5.11. The molecular weight excluding hydrogens is 1310 g/mol. The summed E-state index contributed by atoms with van der Waals surface area (Å²) in [5.74, 6) is -0.401. The molecule has 0 bridgehead atoms. The van der Waals surface area contributed by atoms with E-state index in [1.54, 1.807) is 45.6 Å². The molecule has 0 radical (unpaired) electrons. The van der Waals surface area contributed by atoms with Gasteiger partial charge in [0.15, 0.2) is 46.3 Å².